The molecule has 0 fully saturated rings. The van der Waals surface area contributed by atoms with Crippen molar-refractivity contribution in [3.63, 3.8) is 0 Å². The minimum Gasteiger partial charge on any atom is -0.305 e. The molecule has 0 bridgehead atoms. The van der Waals surface area contributed by atoms with Gasteiger partial charge >= 0.3 is 179 Å². The van der Waals surface area contributed by atoms with E-state index < -0.39 is 13.3 Å². The largest absolute Gasteiger partial charge is 0.305 e. The van der Waals surface area contributed by atoms with Gasteiger partial charge in [-0.25, -0.2) is 0 Å². The summed E-state index contributed by atoms with van der Waals surface area (Å²) in [6.45, 7) is 2.11. The summed E-state index contributed by atoms with van der Waals surface area (Å²) in [4.78, 5) is 9.08. The summed E-state index contributed by atoms with van der Waals surface area (Å²) in [6.07, 6.45) is 3.84. The van der Waals surface area contributed by atoms with Gasteiger partial charge in [0.1, 0.15) is 0 Å². The molecule has 0 aliphatic rings. The van der Waals surface area contributed by atoms with E-state index in [9.17, 15) is 0 Å². The van der Waals surface area contributed by atoms with E-state index in [0.717, 1.165) is 28.1 Å². The van der Waals surface area contributed by atoms with Crippen molar-refractivity contribution in [2.24, 2.45) is 0 Å². The summed E-state index contributed by atoms with van der Waals surface area (Å²) in [5, 5.41) is 2.62. The standard InChI is InChI=1S/C27H24GeNS.C11H8N.Ir/c1-18-13-20(19-9-6-5-7-10-19)15-21(14-18)25-16-26-23(17-29-25)22-11-8-12-24(27(22)30-26)28(2,3)4;1-2-6-10(7-3-1)11-8-4-5-9-12-11;/h5-13,15-17H,1-4H3;1-6,8-9H;/q2*-1;. The summed E-state index contributed by atoms with van der Waals surface area (Å²) < 4.78 is 4.35. The number of thiophene rings is 1. The first-order valence-corrected chi connectivity index (χ1v) is 22.3. The second-order valence-corrected chi connectivity index (χ2v) is 23.0. The fraction of sp³-hybridized carbons (Fsp3) is 0.105. The maximum Gasteiger partial charge on any atom is 0.0160 e. The van der Waals surface area contributed by atoms with Crippen LogP contribution in [0.2, 0.25) is 17.3 Å². The van der Waals surface area contributed by atoms with Crippen LogP contribution in [-0.2, 0) is 20.1 Å². The SMILES string of the molecule is Cc1[c-]c(-c2cc3sc4[c]([Ge]([CH3])([CH3])[CH3])cccc4c3cn2)cc(-c2ccccc2)c1.[Ir].[c-]1ccccc1-c1ccccn1. The Hall–Kier alpha value is -3.41. The van der Waals surface area contributed by atoms with Crippen LogP contribution >= 0.6 is 11.3 Å². The quantitative estimate of drug-likeness (QED) is 0.131. The van der Waals surface area contributed by atoms with Crippen molar-refractivity contribution < 1.29 is 20.1 Å². The van der Waals surface area contributed by atoms with Crippen LogP contribution in [0.1, 0.15) is 5.56 Å². The molecule has 7 aromatic rings. The summed E-state index contributed by atoms with van der Waals surface area (Å²) in [5.41, 5.74) is 7.63. The zero-order valence-corrected chi connectivity index (χ0v) is 30.0. The molecule has 0 aliphatic heterocycles. The monoisotopic (exact) mass is 815 g/mol. The van der Waals surface area contributed by atoms with Crippen LogP contribution < -0.4 is 4.40 Å². The van der Waals surface area contributed by atoms with Crippen molar-refractivity contribution in [3.8, 4) is 33.6 Å². The average molecular weight is 814 g/mol. The molecule has 0 amide bonds. The van der Waals surface area contributed by atoms with Gasteiger partial charge in [-0.1, -0.05) is 18.2 Å². The first kappa shape index (κ1) is 31.0. The predicted molar refractivity (Wildman–Crippen MR) is 183 cm³/mol. The average Bonchev–Trinajstić information content (AvgIpc) is 3.40. The molecular formula is C38H32GeIrN2S-2. The van der Waals surface area contributed by atoms with Gasteiger partial charge in [0.05, 0.1) is 0 Å². The van der Waals surface area contributed by atoms with Gasteiger partial charge in [-0.05, 0) is 11.8 Å². The fourth-order valence-corrected chi connectivity index (χ4v) is 11.2. The molecule has 4 aromatic carbocycles. The molecule has 43 heavy (non-hydrogen) atoms. The van der Waals surface area contributed by atoms with Crippen LogP contribution in [0.5, 0.6) is 0 Å². The third kappa shape index (κ3) is 7.05. The predicted octanol–water partition coefficient (Wildman–Crippen LogP) is 9.98. The van der Waals surface area contributed by atoms with Crippen molar-refractivity contribution in [2.75, 3.05) is 0 Å². The van der Waals surface area contributed by atoms with E-state index in [1.807, 2.05) is 53.8 Å². The number of rotatable bonds is 4. The smallest absolute Gasteiger partial charge is 0.0160 e. The van der Waals surface area contributed by atoms with Crippen molar-refractivity contribution in [1.82, 2.24) is 9.97 Å². The van der Waals surface area contributed by atoms with Gasteiger partial charge < -0.3 is 4.98 Å². The van der Waals surface area contributed by atoms with Gasteiger partial charge in [-0.15, -0.1) is 35.9 Å². The van der Waals surface area contributed by atoms with Crippen LogP contribution in [0.3, 0.4) is 0 Å². The number of benzene rings is 4. The molecule has 7 rings (SSSR count). The van der Waals surface area contributed by atoms with E-state index in [-0.39, 0.29) is 20.1 Å². The van der Waals surface area contributed by atoms with E-state index in [1.54, 1.807) is 10.6 Å². The Morgan fingerprint density at radius 1 is 0.674 bits per heavy atom. The van der Waals surface area contributed by atoms with E-state index in [2.05, 4.69) is 114 Å². The van der Waals surface area contributed by atoms with E-state index in [0.29, 0.717) is 0 Å². The maximum atomic E-state index is 4.86. The number of fused-ring (bicyclic) bond motifs is 3. The first-order valence-electron chi connectivity index (χ1n) is 14.2. The van der Waals surface area contributed by atoms with Gasteiger partial charge in [0.25, 0.3) is 0 Å². The Balaban J connectivity index is 0.000000238. The number of nitrogens with zero attached hydrogens (tertiary/aromatic N) is 2. The molecule has 215 valence electrons. The summed E-state index contributed by atoms with van der Waals surface area (Å²) >= 11 is -0.0181. The zero-order valence-electron chi connectivity index (χ0n) is 24.7. The van der Waals surface area contributed by atoms with Crippen molar-refractivity contribution in [1.29, 1.82) is 0 Å². The minimum absolute atomic E-state index is 0. The molecule has 0 aliphatic carbocycles. The Morgan fingerprint density at radius 2 is 1.47 bits per heavy atom. The van der Waals surface area contributed by atoms with Gasteiger partial charge in [-0.2, -0.15) is 0 Å². The Bertz CT molecular complexity index is 1930. The molecule has 1 radical (unpaired) electrons. The number of hydrogen-bond donors (Lipinski definition) is 0. The second-order valence-electron chi connectivity index (χ2n) is 11.4. The topological polar surface area (TPSA) is 25.8 Å². The molecule has 5 heteroatoms. The molecule has 3 heterocycles. The van der Waals surface area contributed by atoms with Crippen LogP contribution in [0.4, 0.5) is 0 Å². The van der Waals surface area contributed by atoms with Gasteiger partial charge in [0, 0.05) is 26.3 Å². The van der Waals surface area contributed by atoms with Crippen LogP contribution in [0.15, 0.2) is 122 Å². The number of hydrogen-bond acceptors (Lipinski definition) is 3. The first-order chi connectivity index (χ1) is 20.4. The normalized spacial score (nSPS) is 11.1. The summed E-state index contributed by atoms with van der Waals surface area (Å²) in [7, 11) is 0. The van der Waals surface area contributed by atoms with E-state index >= 15 is 0 Å². The summed E-state index contributed by atoms with van der Waals surface area (Å²) in [6, 6.07) is 44.3. The van der Waals surface area contributed by atoms with Crippen LogP contribution in [0.25, 0.3) is 53.8 Å². The van der Waals surface area contributed by atoms with Crippen molar-refractivity contribution in [3.05, 3.63) is 139 Å². The number of aromatic nitrogens is 2. The minimum atomic E-state index is -1.94. The van der Waals surface area contributed by atoms with Crippen LogP contribution in [-0.4, -0.2) is 23.2 Å². The second kappa shape index (κ2) is 13.5. The molecule has 0 saturated heterocycles. The molecule has 0 spiro atoms. The molecule has 0 N–H and O–H groups in total. The third-order valence-electron chi connectivity index (χ3n) is 7.23. The molecule has 0 atom stereocenters. The van der Waals surface area contributed by atoms with Crippen molar-refractivity contribution >= 4 is 49.2 Å². The van der Waals surface area contributed by atoms with Gasteiger partial charge in [0.15, 0.2) is 0 Å². The number of pyridine rings is 2. The van der Waals surface area contributed by atoms with Crippen LogP contribution in [0, 0.1) is 19.1 Å². The Kier molecular flexibility index (Phi) is 9.73. The Morgan fingerprint density at radius 3 is 2.19 bits per heavy atom. The third-order valence-corrected chi connectivity index (χ3v) is 13.1. The van der Waals surface area contributed by atoms with E-state index in [4.69, 9.17) is 4.98 Å². The zero-order chi connectivity index (χ0) is 29.1. The molecule has 2 nitrogen and oxygen atoms in total. The Labute approximate surface area is 274 Å². The number of aryl methyl sites for hydroxylation is 1. The molecule has 0 unspecified atom stereocenters. The van der Waals surface area contributed by atoms with Gasteiger partial charge in [-0.3, -0.25) is 0 Å². The maximum absolute atomic E-state index is 4.86. The van der Waals surface area contributed by atoms with Gasteiger partial charge in [0.2, 0.25) is 0 Å². The molecule has 0 saturated carbocycles. The molecule has 3 aromatic heterocycles. The van der Waals surface area contributed by atoms with E-state index in [1.165, 1.54) is 31.3 Å². The summed E-state index contributed by atoms with van der Waals surface area (Å²) in [5.74, 6) is 7.40. The van der Waals surface area contributed by atoms with Crippen molar-refractivity contribution in [2.45, 2.75) is 24.2 Å². The molecular weight excluding hydrogens is 781 g/mol. The fourth-order valence-electron chi connectivity index (χ4n) is 5.16.